The monoisotopic (exact) mass is 228 g/mol. The number of piperidine rings is 1. The van der Waals surface area contributed by atoms with Crippen LogP contribution in [0.3, 0.4) is 0 Å². The highest BCUT2D eigenvalue weighted by atomic mass is 32.2. The number of nitrogens with one attached hydrogen (secondary N) is 2. The van der Waals surface area contributed by atoms with Gasteiger partial charge in [0.25, 0.3) is 0 Å². The van der Waals surface area contributed by atoms with Gasteiger partial charge in [-0.2, -0.15) is 11.8 Å². The quantitative estimate of drug-likeness (QED) is 0.766. The van der Waals surface area contributed by atoms with Crippen LogP contribution in [0.2, 0.25) is 0 Å². The molecular formula is C12H24N2S. The molecule has 0 unspecified atom stereocenters. The molecule has 0 bridgehead atoms. The summed E-state index contributed by atoms with van der Waals surface area (Å²) >= 11 is 2.12. The summed E-state index contributed by atoms with van der Waals surface area (Å²) in [7, 11) is 0. The molecule has 2 nitrogen and oxygen atoms in total. The summed E-state index contributed by atoms with van der Waals surface area (Å²) in [4.78, 5) is 0. The maximum Gasteiger partial charge on any atom is -0.00195 e. The molecule has 0 spiro atoms. The minimum Gasteiger partial charge on any atom is -0.317 e. The third kappa shape index (κ3) is 4.33. The van der Waals surface area contributed by atoms with Crippen molar-refractivity contribution in [3.05, 3.63) is 0 Å². The zero-order valence-corrected chi connectivity index (χ0v) is 10.5. The van der Waals surface area contributed by atoms with Gasteiger partial charge in [0.15, 0.2) is 0 Å². The van der Waals surface area contributed by atoms with Crippen LogP contribution in [-0.4, -0.2) is 37.7 Å². The average Bonchev–Trinajstić information content (AvgIpc) is 2.32. The van der Waals surface area contributed by atoms with Crippen molar-refractivity contribution in [1.29, 1.82) is 0 Å². The Morgan fingerprint density at radius 2 is 1.53 bits per heavy atom. The first-order valence-electron chi connectivity index (χ1n) is 6.44. The molecule has 2 aliphatic heterocycles. The smallest absolute Gasteiger partial charge is 0.00195 e. The van der Waals surface area contributed by atoms with E-state index in [1.54, 1.807) is 0 Å². The van der Waals surface area contributed by atoms with E-state index in [2.05, 4.69) is 22.4 Å². The molecule has 0 amide bonds. The third-order valence-corrected chi connectivity index (χ3v) is 4.71. The van der Waals surface area contributed by atoms with Gasteiger partial charge < -0.3 is 10.6 Å². The first-order valence-corrected chi connectivity index (χ1v) is 7.60. The van der Waals surface area contributed by atoms with Gasteiger partial charge in [-0.25, -0.2) is 0 Å². The van der Waals surface area contributed by atoms with Crippen molar-refractivity contribution in [3.8, 4) is 0 Å². The predicted molar refractivity (Wildman–Crippen MR) is 68.5 cm³/mol. The molecule has 0 aromatic rings. The van der Waals surface area contributed by atoms with Crippen LogP contribution in [0.15, 0.2) is 0 Å². The van der Waals surface area contributed by atoms with Crippen molar-refractivity contribution in [3.63, 3.8) is 0 Å². The molecule has 0 atom stereocenters. The molecule has 2 N–H and O–H groups in total. The second-order valence-corrected chi connectivity index (χ2v) is 6.13. The first kappa shape index (κ1) is 11.7. The van der Waals surface area contributed by atoms with E-state index in [0.29, 0.717) is 0 Å². The van der Waals surface area contributed by atoms with E-state index in [1.165, 1.54) is 63.4 Å². The lowest BCUT2D eigenvalue weighted by Crippen LogP contribution is -2.35. The zero-order chi connectivity index (χ0) is 10.3. The highest BCUT2D eigenvalue weighted by molar-refractivity contribution is 7.99. The molecule has 0 aromatic carbocycles. The van der Waals surface area contributed by atoms with Gasteiger partial charge in [0, 0.05) is 0 Å². The normalized spacial score (nSPS) is 25.6. The lowest BCUT2D eigenvalue weighted by molar-refractivity contribution is 0.340. The zero-order valence-electron chi connectivity index (χ0n) is 9.63. The molecule has 2 aliphatic rings. The van der Waals surface area contributed by atoms with Gasteiger partial charge in [-0.3, -0.25) is 0 Å². The molecule has 0 aromatic heterocycles. The SMILES string of the molecule is C1CC(CNCC2CCSCC2)CCN1. The lowest BCUT2D eigenvalue weighted by Gasteiger charge is -2.25. The summed E-state index contributed by atoms with van der Waals surface area (Å²) in [6, 6.07) is 0. The Labute approximate surface area is 98.0 Å². The van der Waals surface area contributed by atoms with E-state index in [-0.39, 0.29) is 0 Å². The van der Waals surface area contributed by atoms with Crippen LogP contribution in [0.1, 0.15) is 25.7 Å². The fraction of sp³-hybridized carbons (Fsp3) is 1.00. The fourth-order valence-electron chi connectivity index (χ4n) is 2.53. The van der Waals surface area contributed by atoms with E-state index in [4.69, 9.17) is 0 Å². The van der Waals surface area contributed by atoms with Crippen LogP contribution >= 0.6 is 11.8 Å². The van der Waals surface area contributed by atoms with Crippen LogP contribution in [-0.2, 0) is 0 Å². The van der Waals surface area contributed by atoms with Crippen molar-refractivity contribution in [1.82, 2.24) is 10.6 Å². The van der Waals surface area contributed by atoms with E-state index in [9.17, 15) is 0 Å². The van der Waals surface area contributed by atoms with Crippen LogP contribution in [0.4, 0.5) is 0 Å². The highest BCUT2D eigenvalue weighted by Crippen LogP contribution is 2.22. The Hall–Kier alpha value is 0.270. The largest absolute Gasteiger partial charge is 0.317 e. The Bertz CT molecular complexity index is 145. The number of rotatable bonds is 4. The van der Waals surface area contributed by atoms with Crippen molar-refractivity contribution >= 4 is 11.8 Å². The van der Waals surface area contributed by atoms with Crippen molar-refractivity contribution < 1.29 is 0 Å². The molecule has 2 fully saturated rings. The van der Waals surface area contributed by atoms with Gasteiger partial charge in [-0.15, -0.1) is 0 Å². The predicted octanol–water partition coefficient (Wildman–Crippen LogP) is 1.72. The van der Waals surface area contributed by atoms with Crippen molar-refractivity contribution in [2.45, 2.75) is 25.7 Å². The molecule has 2 saturated heterocycles. The second kappa shape index (κ2) is 6.77. The van der Waals surface area contributed by atoms with E-state index in [1.807, 2.05) is 0 Å². The van der Waals surface area contributed by atoms with Gasteiger partial charge >= 0.3 is 0 Å². The molecule has 2 heterocycles. The fourth-order valence-corrected chi connectivity index (χ4v) is 3.73. The van der Waals surface area contributed by atoms with E-state index < -0.39 is 0 Å². The maximum absolute atomic E-state index is 3.69. The lowest BCUT2D eigenvalue weighted by atomic mass is 9.97. The van der Waals surface area contributed by atoms with Crippen LogP contribution in [0, 0.1) is 11.8 Å². The Balaban J connectivity index is 1.53. The molecule has 3 heteroatoms. The van der Waals surface area contributed by atoms with Gasteiger partial charge in [-0.05, 0) is 75.2 Å². The molecule has 0 radical (unpaired) electrons. The molecule has 15 heavy (non-hydrogen) atoms. The third-order valence-electron chi connectivity index (χ3n) is 3.67. The Morgan fingerprint density at radius 3 is 2.20 bits per heavy atom. The first-order chi connectivity index (χ1) is 7.45. The summed E-state index contributed by atoms with van der Waals surface area (Å²) in [6.07, 6.45) is 5.61. The van der Waals surface area contributed by atoms with Crippen molar-refractivity contribution in [2.75, 3.05) is 37.7 Å². The van der Waals surface area contributed by atoms with Gasteiger partial charge in [0.1, 0.15) is 0 Å². The standard InChI is InChI=1S/C12H24N2S/c1-5-13-6-2-11(1)9-14-10-12-3-7-15-8-4-12/h11-14H,1-10H2. The Kier molecular flexibility index (Phi) is 5.30. The molecule has 0 aliphatic carbocycles. The summed E-state index contributed by atoms with van der Waals surface area (Å²) in [5.41, 5.74) is 0. The number of thioether (sulfide) groups is 1. The number of hydrogen-bond acceptors (Lipinski definition) is 3. The van der Waals surface area contributed by atoms with E-state index in [0.717, 1.165) is 11.8 Å². The average molecular weight is 228 g/mol. The minimum atomic E-state index is 0.934. The molecule has 0 saturated carbocycles. The summed E-state index contributed by atoms with van der Waals surface area (Å²) in [5, 5.41) is 7.11. The Morgan fingerprint density at radius 1 is 0.933 bits per heavy atom. The topological polar surface area (TPSA) is 24.1 Å². The minimum absolute atomic E-state index is 0.934. The second-order valence-electron chi connectivity index (χ2n) is 4.91. The van der Waals surface area contributed by atoms with Gasteiger partial charge in [0.2, 0.25) is 0 Å². The van der Waals surface area contributed by atoms with Gasteiger partial charge in [-0.1, -0.05) is 0 Å². The van der Waals surface area contributed by atoms with Gasteiger partial charge in [0.05, 0.1) is 0 Å². The summed E-state index contributed by atoms with van der Waals surface area (Å²) in [6.45, 7) is 4.98. The highest BCUT2D eigenvalue weighted by Gasteiger charge is 2.15. The van der Waals surface area contributed by atoms with Crippen molar-refractivity contribution in [2.24, 2.45) is 11.8 Å². The summed E-state index contributed by atoms with van der Waals surface area (Å²) in [5.74, 6) is 4.68. The van der Waals surface area contributed by atoms with E-state index >= 15 is 0 Å². The van der Waals surface area contributed by atoms with Crippen LogP contribution < -0.4 is 10.6 Å². The maximum atomic E-state index is 3.69. The van der Waals surface area contributed by atoms with Crippen LogP contribution in [0.5, 0.6) is 0 Å². The molecule has 88 valence electrons. The van der Waals surface area contributed by atoms with Crippen LogP contribution in [0.25, 0.3) is 0 Å². The number of hydrogen-bond donors (Lipinski definition) is 2. The molecular weight excluding hydrogens is 204 g/mol. The summed E-state index contributed by atoms with van der Waals surface area (Å²) < 4.78 is 0. The molecule has 2 rings (SSSR count).